The third-order valence-electron chi connectivity index (χ3n) is 10.7. The molecule has 8 rings (SSSR count). The van der Waals surface area contributed by atoms with Crippen LogP contribution in [0.4, 0.5) is 0 Å². The summed E-state index contributed by atoms with van der Waals surface area (Å²) in [6, 6.07) is 0. The Bertz CT molecular complexity index is 268. The molecule has 0 unspecified atom stereocenters. The smallest absolute Gasteiger partial charge is 0.0312 e. The molecule has 0 aliphatic heterocycles. The Morgan fingerprint density at radius 1 is 0.125 bits per heavy atom. The highest BCUT2D eigenvalue weighted by Gasteiger charge is 2.98. The van der Waals surface area contributed by atoms with Crippen LogP contribution in [-0.2, 0) is 0 Å². The van der Waals surface area contributed by atoms with Gasteiger partial charge in [-0.1, -0.05) is 0 Å². The lowest BCUT2D eigenvalue weighted by atomic mass is 9.01. The summed E-state index contributed by atoms with van der Waals surface area (Å²) in [6.07, 6.45) is 0. The summed E-state index contributed by atoms with van der Waals surface area (Å²) in [7, 11) is 0. The fourth-order valence-electron chi connectivity index (χ4n) is 11.2. The molecular formula is C16H16. The van der Waals surface area contributed by atoms with Crippen molar-refractivity contribution in [1.29, 1.82) is 0 Å². The van der Waals surface area contributed by atoms with E-state index in [1.54, 1.807) is 0 Å². The molecule has 0 nitrogen and oxygen atoms in total. The van der Waals surface area contributed by atoms with Crippen LogP contribution >= 0.6 is 0 Å². The predicted molar refractivity (Wildman–Crippen MR) is 55.8 cm³/mol. The summed E-state index contributed by atoms with van der Waals surface area (Å²) < 4.78 is 0. The molecule has 0 aromatic rings. The van der Waals surface area contributed by atoms with E-state index in [0.29, 0.717) is 0 Å². The first-order valence-electron chi connectivity index (χ1n) is 8.00. The van der Waals surface area contributed by atoms with Crippen molar-refractivity contribution >= 4 is 0 Å². The lowest BCUT2D eigenvalue weighted by Gasteiger charge is -3.03. The second-order valence-corrected chi connectivity index (χ2v) is 9.24. The van der Waals surface area contributed by atoms with Crippen LogP contribution < -0.4 is 0 Å². The number of rotatable bonds is 0. The van der Waals surface area contributed by atoms with E-state index in [1.807, 2.05) is 0 Å². The largest absolute Gasteiger partial charge is 0.0312 e. The molecule has 16 heavy (non-hydrogen) atoms. The van der Waals surface area contributed by atoms with Crippen LogP contribution in [0.1, 0.15) is 0 Å². The van der Waals surface area contributed by atoms with Crippen LogP contribution in [0, 0.1) is 94.7 Å². The zero-order chi connectivity index (χ0) is 9.24. The lowest BCUT2D eigenvalue weighted by molar-refractivity contribution is -0.565. The first-order chi connectivity index (χ1) is 8.00. The summed E-state index contributed by atoms with van der Waals surface area (Å²) in [4.78, 5) is 0. The predicted octanol–water partition coefficient (Wildman–Crippen LogP) is 1.97. The van der Waals surface area contributed by atoms with Gasteiger partial charge in [-0.05, 0) is 94.7 Å². The third kappa shape index (κ3) is 0.257. The number of hydrogen-bond acceptors (Lipinski definition) is 0. The number of hydrogen-bond donors (Lipinski definition) is 0. The van der Waals surface area contributed by atoms with E-state index in [4.69, 9.17) is 0 Å². The average molecular weight is 208 g/mol. The first kappa shape index (κ1) is 6.25. The van der Waals surface area contributed by atoms with E-state index in [-0.39, 0.29) is 0 Å². The van der Waals surface area contributed by atoms with Crippen molar-refractivity contribution in [3.05, 3.63) is 0 Å². The van der Waals surface area contributed by atoms with Crippen LogP contribution in [0.25, 0.3) is 0 Å². The van der Waals surface area contributed by atoms with Gasteiger partial charge < -0.3 is 0 Å². The van der Waals surface area contributed by atoms with E-state index >= 15 is 0 Å². The molecule has 80 valence electrons. The van der Waals surface area contributed by atoms with Crippen LogP contribution in [0.2, 0.25) is 0 Å². The molecule has 0 saturated heterocycles. The van der Waals surface area contributed by atoms with Gasteiger partial charge in [-0.15, -0.1) is 0 Å². The van der Waals surface area contributed by atoms with E-state index in [2.05, 4.69) is 0 Å². The Morgan fingerprint density at radius 3 is 0.250 bits per heavy atom. The van der Waals surface area contributed by atoms with Crippen molar-refractivity contribution in [3.8, 4) is 0 Å². The standard InChI is InChI=1S/C16H16/c1-2-5-3(1)7-9(5)13-11(7)15-12-8-4(1)6(2)10(8)14(12)16(13)15/h1-16H. The molecule has 0 aromatic heterocycles. The van der Waals surface area contributed by atoms with Crippen LogP contribution in [0.15, 0.2) is 0 Å². The van der Waals surface area contributed by atoms with Gasteiger partial charge in [0.1, 0.15) is 0 Å². The Balaban J connectivity index is 1.44. The van der Waals surface area contributed by atoms with Gasteiger partial charge in [0.15, 0.2) is 0 Å². The summed E-state index contributed by atoms with van der Waals surface area (Å²) in [5.74, 6) is 21.3. The molecule has 0 amide bonds. The second-order valence-electron chi connectivity index (χ2n) is 9.24. The molecule has 8 aliphatic rings. The van der Waals surface area contributed by atoms with E-state index < -0.39 is 0 Å². The fourth-order valence-corrected chi connectivity index (χ4v) is 11.2. The van der Waals surface area contributed by atoms with E-state index in [0.717, 1.165) is 0 Å². The van der Waals surface area contributed by atoms with Crippen LogP contribution in [-0.4, -0.2) is 0 Å². The zero-order valence-electron chi connectivity index (χ0n) is 9.24. The average Bonchev–Trinajstić information content (AvgIpc) is 2.26. The van der Waals surface area contributed by atoms with Gasteiger partial charge in [0.05, 0.1) is 0 Å². The Morgan fingerprint density at radius 2 is 0.188 bits per heavy atom. The Labute approximate surface area is 95.2 Å². The summed E-state index contributed by atoms with van der Waals surface area (Å²) in [5, 5.41) is 0. The molecule has 8 aliphatic carbocycles. The SMILES string of the molecule is C12C3C4C1C1C4C4C1C1C5C6C2C3C6C5C41. The molecule has 0 N–H and O–H groups in total. The maximum atomic E-state index is 1.33. The highest BCUT2D eigenvalue weighted by atomic mass is 15.0. The number of fused-ring (bicyclic) bond motifs is 24. The Kier molecular flexibility index (Phi) is 0.498. The molecule has 0 spiro atoms. The van der Waals surface area contributed by atoms with Crippen molar-refractivity contribution in [2.45, 2.75) is 0 Å². The lowest BCUT2D eigenvalue weighted by Crippen LogP contribution is -3.00. The van der Waals surface area contributed by atoms with Gasteiger partial charge >= 0.3 is 0 Å². The van der Waals surface area contributed by atoms with E-state index in [1.165, 1.54) is 94.7 Å². The van der Waals surface area contributed by atoms with E-state index in [9.17, 15) is 0 Å². The molecule has 0 radical (unpaired) electrons. The second kappa shape index (κ2) is 1.28. The van der Waals surface area contributed by atoms with Gasteiger partial charge in [-0.25, -0.2) is 0 Å². The zero-order valence-corrected chi connectivity index (χ0v) is 9.24. The van der Waals surface area contributed by atoms with Crippen LogP contribution in [0.5, 0.6) is 0 Å². The van der Waals surface area contributed by atoms with Gasteiger partial charge in [0.2, 0.25) is 0 Å². The highest BCUT2D eigenvalue weighted by Crippen LogP contribution is 3.01. The van der Waals surface area contributed by atoms with Gasteiger partial charge in [-0.3, -0.25) is 0 Å². The molecule has 0 heteroatoms. The van der Waals surface area contributed by atoms with Gasteiger partial charge in [0, 0.05) is 0 Å². The highest BCUT2D eigenvalue weighted by molar-refractivity contribution is 5.44. The topological polar surface area (TPSA) is 0 Å². The monoisotopic (exact) mass is 208 g/mol. The maximum Gasteiger partial charge on any atom is -0.0312 e. The molecule has 0 heterocycles. The minimum Gasteiger partial charge on any atom is -0.0312 e. The molecule has 0 aromatic carbocycles. The maximum absolute atomic E-state index is 1.33. The van der Waals surface area contributed by atoms with Gasteiger partial charge in [0.25, 0.3) is 0 Å². The van der Waals surface area contributed by atoms with Crippen molar-refractivity contribution in [3.63, 3.8) is 0 Å². The summed E-state index contributed by atoms with van der Waals surface area (Å²) in [5.41, 5.74) is 0. The van der Waals surface area contributed by atoms with Crippen LogP contribution in [0.3, 0.4) is 0 Å². The summed E-state index contributed by atoms with van der Waals surface area (Å²) in [6.45, 7) is 0. The minimum absolute atomic E-state index is 1.33. The molecule has 8 saturated carbocycles. The normalized spacial score (nSPS) is 108. The molecular weight excluding hydrogens is 192 g/mol. The van der Waals surface area contributed by atoms with Crippen molar-refractivity contribution in [2.75, 3.05) is 0 Å². The summed E-state index contributed by atoms with van der Waals surface area (Å²) >= 11 is 0. The fraction of sp³-hybridized carbons (Fsp3) is 1.00. The van der Waals surface area contributed by atoms with Crippen molar-refractivity contribution in [2.24, 2.45) is 94.7 Å². The van der Waals surface area contributed by atoms with Crippen molar-refractivity contribution < 1.29 is 0 Å². The molecule has 0 bridgehead atoms. The molecule has 0 atom stereocenters. The minimum atomic E-state index is 1.33. The third-order valence-corrected chi connectivity index (χ3v) is 10.7. The van der Waals surface area contributed by atoms with Gasteiger partial charge in [-0.2, -0.15) is 0 Å². The van der Waals surface area contributed by atoms with Crippen molar-refractivity contribution in [1.82, 2.24) is 0 Å². The molecule has 8 fully saturated rings. The first-order valence-corrected chi connectivity index (χ1v) is 8.00. The Hall–Kier alpha value is 0. The quantitative estimate of drug-likeness (QED) is 0.534.